The first kappa shape index (κ1) is 13.9. The fraction of sp³-hybridized carbons (Fsp3) is 0. The van der Waals surface area contributed by atoms with E-state index >= 15 is 0 Å². The molecule has 2 aromatic heterocycles. The molecule has 4 nitrogen and oxygen atoms in total. The Kier molecular flexibility index (Phi) is 4.72. The van der Waals surface area contributed by atoms with Crippen LogP contribution in [0.15, 0.2) is 25.0 Å². The second-order valence-corrected chi connectivity index (χ2v) is 3.35. The number of aliphatic carboxylic acids is 1. The molecule has 0 fully saturated rings. The minimum Gasteiger partial charge on any atom is -0.545 e. The minimum atomic E-state index is -1.30. The fourth-order valence-electron chi connectivity index (χ4n) is 1.38. The van der Waals surface area contributed by atoms with Gasteiger partial charge in [-0.05, 0) is 11.6 Å². The summed E-state index contributed by atoms with van der Waals surface area (Å²) >= 11 is 5.82. The molecule has 0 aliphatic heterocycles. The molecule has 0 saturated heterocycles. The molecule has 0 unspecified atom stereocenters. The zero-order valence-electron chi connectivity index (χ0n) is 8.58. The Morgan fingerprint density at radius 1 is 1.56 bits per heavy atom. The van der Waals surface area contributed by atoms with Crippen LogP contribution in [0, 0.1) is 0 Å². The van der Waals surface area contributed by atoms with Gasteiger partial charge in [0.15, 0.2) is 5.15 Å². The van der Waals surface area contributed by atoms with Crippen LogP contribution in [0.2, 0.25) is 5.15 Å². The number of hydrogen-bond donors (Lipinski definition) is 1. The van der Waals surface area contributed by atoms with Crippen LogP contribution in [0.5, 0.6) is 0 Å². The van der Waals surface area contributed by atoms with E-state index in [4.69, 9.17) is 11.6 Å². The molecule has 1 N–H and O–H groups in total. The maximum Gasteiger partial charge on any atom is 1.00 e. The molecule has 2 aromatic rings. The zero-order chi connectivity index (χ0) is 11.0. The number of pyridine rings is 1. The van der Waals surface area contributed by atoms with Crippen LogP contribution < -0.4 is 56.5 Å². The third-order valence-electron chi connectivity index (χ3n) is 2.13. The molecule has 0 aliphatic rings. The number of fused-ring (bicyclic) bond motifs is 1. The number of aromatic amines is 1. The largest absolute Gasteiger partial charge is 1.00 e. The Balaban J connectivity index is 0.00000128. The number of carboxylic acids is 1. The van der Waals surface area contributed by atoms with Gasteiger partial charge in [-0.3, -0.25) is 0 Å². The van der Waals surface area contributed by atoms with E-state index in [0.717, 1.165) is 0 Å². The van der Waals surface area contributed by atoms with Gasteiger partial charge in [0.05, 0.1) is 11.5 Å². The van der Waals surface area contributed by atoms with E-state index in [2.05, 4.69) is 16.5 Å². The molecule has 16 heavy (non-hydrogen) atoms. The average Bonchev–Trinajstić information content (AvgIpc) is 2.61. The number of H-pyrrole nitrogens is 1. The number of carboxylic acid groups (broad SMARTS) is 1. The summed E-state index contributed by atoms with van der Waals surface area (Å²) in [5.74, 6) is -1.30. The molecule has 0 spiro atoms. The molecule has 76 valence electrons. The van der Waals surface area contributed by atoms with Crippen LogP contribution in [-0.4, -0.2) is 15.9 Å². The van der Waals surface area contributed by atoms with Gasteiger partial charge in [0.1, 0.15) is 0 Å². The second kappa shape index (κ2) is 5.44. The van der Waals surface area contributed by atoms with Crippen molar-refractivity contribution in [1.82, 2.24) is 9.97 Å². The minimum absolute atomic E-state index is 0. The van der Waals surface area contributed by atoms with Gasteiger partial charge in [-0.15, -0.1) is 0 Å². The van der Waals surface area contributed by atoms with E-state index in [-0.39, 0.29) is 57.0 Å². The Labute approximate surface area is 139 Å². The summed E-state index contributed by atoms with van der Waals surface area (Å²) in [5.41, 5.74) is 0.981. The van der Waals surface area contributed by atoms with Gasteiger partial charge in [-0.2, -0.15) is 0 Å². The van der Waals surface area contributed by atoms with Gasteiger partial charge in [0, 0.05) is 23.3 Å². The first-order valence-electron chi connectivity index (χ1n) is 4.13. The Morgan fingerprint density at radius 2 is 2.25 bits per heavy atom. The molecular weight excluding hydrogens is 255 g/mol. The van der Waals surface area contributed by atoms with E-state index in [9.17, 15) is 9.90 Å². The van der Waals surface area contributed by atoms with E-state index in [1.807, 2.05) is 0 Å². The number of hydrogen-bond acceptors (Lipinski definition) is 3. The summed E-state index contributed by atoms with van der Waals surface area (Å²) in [5, 5.41) is 11.6. The SMILES string of the molecule is C=C(C(=O)[O-])c1c[nH]c2c(Cl)nccc12.[K+]. The van der Waals surface area contributed by atoms with Crippen molar-refractivity contribution in [3.63, 3.8) is 0 Å². The van der Waals surface area contributed by atoms with Gasteiger partial charge in [-0.25, -0.2) is 4.98 Å². The predicted octanol–water partition coefficient (Wildman–Crippen LogP) is -2.02. The van der Waals surface area contributed by atoms with E-state index < -0.39 is 5.97 Å². The molecule has 0 aliphatic carbocycles. The summed E-state index contributed by atoms with van der Waals surface area (Å²) in [6.45, 7) is 3.43. The number of nitrogens with one attached hydrogen (secondary N) is 1. The molecular formula is C10H6ClKN2O2. The number of carbonyl (C=O) groups excluding carboxylic acids is 1. The Bertz CT molecular complexity index is 565. The topological polar surface area (TPSA) is 68.8 Å². The molecule has 0 bridgehead atoms. The van der Waals surface area contributed by atoms with E-state index in [0.29, 0.717) is 21.6 Å². The summed E-state index contributed by atoms with van der Waals surface area (Å²) < 4.78 is 0. The average molecular weight is 261 g/mol. The molecule has 6 heteroatoms. The number of aromatic nitrogens is 2. The van der Waals surface area contributed by atoms with E-state index in [1.165, 1.54) is 12.4 Å². The van der Waals surface area contributed by atoms with Crippen molar-refractivity contribution in [3.8, 4) is 0 Å². The summed E-state index contributed by atoms with van der Waals surface area (Å²) in [6.07, 6.45) is 3.03. The normalized spacial score (nSPS) is 9.81. The summed E-state index contributed by atoms with van der Waals surface area (Å²) in [4.78, 5) is 17.4. The molecule has 2 heterocycles. The van der Waals surface area contributed by atoms with Gasteiger partial charge in [0.25, 0.3) is 0 Å². The maximum absolute atomic E-state index is 10.7. The van der Waals surface area contributed by atoms with Crippen molar-refractivity contribution >= 4 is 34.0 Å². The van der Waals surface area contributed by atoms with Crippen molar-refractivity contribution in [2.75, 3.05) is 0 Å². The fourth-order valence-corrected chi connectivity index (χ4v) is 1.59. The van der Waals surface area contributed by atoms with E-state index in [1.54, 1.807) is 6.07 Å². The molecule has 0 aromatic carbocycles. The van der Waals surface area contributed by atoms with Crippen LogP contribution in [0.4, 0.5) is 0 Å². The first-order valence-corrected chi connectivity index (χ1v) is 4.51. The van der Waals surface area contributed by atoms with Gasteiger partial charge in [-0.1, -0.05) is 18.2 Å². The number of carbonyl (C=O) groups is 1. The quantitative estimate of drug-likeness (QED) is 0.385. The van der Waals surface area contributed by atoms with Crippen LogP contribution >= 0.6 is 11.6 Å². The Morgan fingerprint density at radius 3 is 2.88 bits per heavy atom. The first-order chi connectivity index (χ1) is 7.11. The molecule has 0 saturated carbocycles. The molecule has 0 atom stereocenters. The summed E-state index contributed by atoms with van der Waals surface area (Å²) in [7, 11) is 0. The third-order valence-corrected chi connectivity index (χ3v) is 2.41. The molecule has 0 amide bonds. The smallest absolute Gasteiger partial charge is 0.545 e. The van der Waals surface area contributed by atoms with Crippen molar-refractivity contribution in [1.29, 1.82) is 0 Å². The second-order valence-electron chi connectivity index (χ2n) is 2.99. The van der Waals surface area contributed by atoms with Crippen LogP contribution in [0.25, 0.3) is 16.5 Å². The van der Waals surface area contributed by atoms with Gasteiger partial charge < -0.3 is 14.9 Å². The van der Waals surface area contributed by atoms with Crippen molar-refractivity contribution in [2.45, 2.75) is 0 Å². The van der Waals surface area contributed by atoms with Crippen molar-refractivity contribution in [3.05, 3.63) is 35.8 Å². The van der Waals surface area contributed by atoms with Crippen LogP contribution in [0.1, 0.15) is 5.56 Å². The number of nitrogens with zero attached hydrogens (tertiary/aromatic N) is 1. The zero-order valence-corrected chi connectivity index (χ0v) is 12.5. The summed E-state index contributed by atoms with van der Waals surface area (Å²) in [6, 6.07) is 1.67. The Hall–Kier alpha value is -0.174. The molecule has 2 rings (SSSR count). The molecule has 0 radical (unpaired) electrons. The maximum atomic E-state index is 10.7. The number of rotatable bonds is 2. The van der Waals surface area contributed by atoms with Crippen LogP contribution in [-0.2, 0) is 4.79 Å². The van der Waals surface area contributed by atoms with Gasteiger partial charge >= 0.3 is 51.4 Å². The monoisotopic (exact) mass is 260 g/mol. The van der Waals surface area contributed by atoms with Crippen LogP contribution in [0.3, 0.4) is 0 Å². The predicted molar refractivity (Wildman–Crippen MR) is 55.1 cm³/mol. The van der Waals surface area contributed by atoms with Gasteiger partial charge in [0.2, 0.25) is 0 Å². The van der Waals surface area contributed by atoms with Crippen molar-refractivity contribution < 1.29 is 61.3 Å². The van der Waals surface area contributed by atoms with Crippen molar-refractivity contribution in [2.24, 2.45) is 0 Å². The third kappa shape index (κ3) is 2.39. The standard InChI is InChI=1S/C10H7ClN2O2.K/c1-5(10(14)15)7-4-13-8-6(7)2-3-12-9(8)11;/h2-4,13H,1H2,(H,14,15);/q;+1/p-1. The number of halogens is 1.